The number of nitrogens with zero attached hydrogens (tertiary/aromatic N) is 3. The van der Waals surface area contributed by atoms with Crippen molar-refractivity contribution in [3.05, 3.63) is 90.1 Å². The molecule has 37 heavy (non-hydrogen) atoms. The Morgan fingerprint density at radius 1 is 1.11 bits per heavy atom. The van der Waals surface area contributed by atoms with Crippen molar-refractivity contribution in [2.45, 2.75) is 12.5 Å². The second kappa shape index (κ2) is 9.59. The van der Waals surface area contributed by atoms with Crippen LogP contribution in [0.25, 0.3) is 10.9 Å². The first-order valence-corrected chi connectivity index (χ1v) is 12.8. The minimum atomic E-state index is -0.572. The Morgan fingerprint density at radius 2 is 1.95 bits per heavy atom. The molecule has 0 bridgehead atoms. The first-order chi connectivity index (χ1) is 18.1. The van der Waals surface area contributed by atoms with Gasteiger partial charge in [-0.3, -0.25) is 14.6 Å². The molecule has 4 aromatic rings. The lowest BCUT2D eigenvalue weighted by molar-refractivity contribution is -0.124. The summed E-state index contributed by atoms with van der Waals surface area (Å²) in [5, 5.41) is 4.40. The first kappa shape index (κ1) is 23.1. The molecule has 3 aromatic carbocycles. The standard InChI is InChI=1S/C28H23N5O3S/c1-36-19-8-6-7-18(14-19)30-25(34)16-37-28-32-23-12-5-3-10-21(23)26-31-24(27(35)33(26)28)13-17-15-29-22-11-4-2-9-20(17)22/h2-12,14-15,24,29H,13,16H2,1H3,(H,30,34). The lowest BCUT2D eigenvalue weighted by Crippen LogP contribution is -2.41. The highest BCUT2D eigenvalue weighted by Crippen LogP contribution is 2.34. The number of aromatic nitrogens is 1. The fraction of sp³-hybridized carbons (Fsp3) is 0.143. The number of benzene rings is 3. The largest absolute Gasteiger partial charge is 0.497 e. The molecule has 2 aliphatic rings. The molecule has 0 fully saturated rings. The van der Waals surface area contributed by atoms with Gasteiger partial charge >= 0.3 is 0 Å². The zero-order valence-corrected chi connectivity index (χ0v) is 20.8. The fourth-order valence-electron chi connectivity index (χ4n) is 4.57. The van der Waals surface area contributed by atoms with E-state index >= 15 is 0 Å². The number of nitrogens with one attached hydrogen (secondary N) is 2. The van der Waals surface area contributed by atoms with Crippen LogP contribution in [0.3, 0.4) is 0 Å². The highest BCUT2D eigenvalue weighted by Gasteiger charge is 2.41. The van der Waals surface area contributed by atoms with Crippen molar-refractivity contribution in [3.8, 4) is 5.75 Å². The van der Waals surface area contributed by atoms with Gasteiger partial charge in [0.25, 0.3) is 5.91 Å². The molecule has 2 aliphatic heterocycles. The Hall–Kier alpha value is -4.37. The number of methoxy groups -OCH3 is 1. The van der Waals surface area contributed by atoms with Crippen LogP contribution in [0.5, 0.6) is 5.75 Å². The van der Waals surface area contributed by atoms with Crippen LogP contribution in [0.4, 0.5) is 11.4 Å². The van der Waals surface area contributed by atoms with E-state index in [1.165, 1.54) is 11.8 Å². The Kier molecular flexibility index (Phi) is 5.97. The minimum absolute atomic E-state index is 0.0857. The summed E-state index contributed by atoms with van der Waals surface area (Å²) < 4.78 is 5.22. The van der Waals surface area contributed by atoms with Crippen LogP contribution in [0.15, 0.2) is 89.0 Å². The molecule has 2 N–H and O–H groups in total. The number of H-pyrrole nitrogens is 1. The Bertz CT molecular complexity index is 1590. The summed E-state index contributed by atoms with van der Waals surface area (Å²) in [7, 11) is 1.58. The number of anilines is 1. The SMILES string of the molecule is COc1cccc(NC(=O)CSC2=Nc3ccccc3C3=NC(Cc4c[nH]c5ccccc45)C(=O)N23)c1. The maximum atomic E-state index is 13.6. The van der Waals surface area contributed by atoms with E-state index in [-0.39, 0.29) is 17.6 Å². The minimum Gasteiger partial charge on any atom is -0.497 e. The summed E-state index contributed by atoms with van der Waals surface area (Å²) >= 11 is 1.22. The predicted octanol–water partition coefficient (Wildman–Crippen LogP) is 4.75. The van der Waals surface area contributed by atoms with Gasteiger partial charge in [0.15, 0.2) is 5.17 Å². The van der Waals surface area contributed by atoms with E-state index in [2.05, 4.69) is 10.3 Å². The molecule has 9 heteroatoms. The summed E-state index contributed by atoms with van der Waals surface area (Å²) in [5.41, 5.74) is 4.24. The number of amidine groups is 2. The smallest absolute Gasteiger partial charge is 0.259 e. The van der Waals surface area contributed by atoms with Crippen molar-refractivity contribution in [1.29, 1.82) is 0 Å². The number of carbonyl (C=O) groups excluding carboxylic acids is 2. The first-order valence-electron chi connectivity index (χ1n) is 11.8. The van der Waals surface area contributed by atoms with Crippen molar-refractivity contribution in [3.63, 3.8) is 0 Å². The number of para-hydroxylation sites is 2. The van der Waals surface area contributed by atoms with Crippen molar-refractivity contribution < 1.29 is 14.3 Å². The van der Waals surface area contributed by atoms with Crippen LogP contribution in [0, 0.1) is 0 Å². The van der Waals surface area contributed by atoms with Gasteiger partial charge in [-0.1, -0.05) is 48.2 Å². The van der Waals surface area contributed by atoms with Gasteiger partial charge in [-0.15, -0.1) is 0 Å². The van der Waals surface area contributed by atoms with E-state index in [1.807, 2.05) is 66.9 Å². The van der Waals surface area contributed by atoms with Crippen LogP contribution in [0.2, 0.25) is 0 Å². The topological polar surface area (TPSA) is 99.1 Å². The molecule has 0 saturated carbocycles. The van der Waals surface area contributed by atoms with Crippen LogP contribution >= 0.6 is 11.8 Å². The molecule has 8 nitrogen and oxygen atoms in total. The summed E-state index contributed by atoms with van der Waals surface area (Å²) in [4.78, 5) is 40.7. The molecule has 6 rings (SSSR count). The maximum Gasteiger partial charge on any atom is 0.259 e. The van der Waals surface area contributed by atoms with Gasteiger partial charge in [-0.2, -0.15) is 0 Å². The molecule has 0 saturated heterocycles. The molecule has 0 radical (unpaired) electrons. The third kappa shape index (κ3) is 4.38. The van der Waals surface area contributed by atoms with E-state index in [0.29, 0.717) is 28.9 Å². The fourth-order valence-corrected chi connectivity index (χ4v) is 5.37. The number of aliphatic imine (C=N–C) groups is 2. The average Bonchev–Trinajstić information content (AvgIpc) is 3.49. The third-order valence-corrected chi connectivity index (χ3v) is 7.26. The highest BCUT2D eigenvalue weighted by molar-refractivity contribution is 8.14. The number of amides is 2. The lowest BCUT2D eigenvalue weighted by Gasteiger charge is -2.25. The Balaban J connectivity index is 1.24. The van der Waals surface area contributed by atoms with Crippen LogP contribution in [0.1, 0.15) is 11.1 Å². The molecule has 1 unspecified atom stereocenters. The van der Waals surface area contributed by atoms with Crippen molar-refractivity contribution in [2.75, 3.05) is 18.2 Å². The quantitative estimate of drug-likeness (QED) is 0.392. The Labute approximate surface area is 217 Å². The molecular weight excluding hydrogens is 486 g/mol. The zero-order valence-electron chi connectivity index (χ0n) is 20.0. The van der Waals surface area contributed by atoms with E-state index in [9.17, 15) is 9.59 Å². The summed E-state index contributed by atoms with van der Waals surface area (Å²) in [6, 6.07) is 22.2. The van der Waals surface area contributed by atoms with Gasteiger partial charge < -0.3 is 15.0 Å². The normalized spacial score (nSPS) is 16.2. The van der Waals surface area contributed by atoms with Gasteiger partial charge in [0.05, 0.1) is 18.6 Å². The van der Waals surface area contributed by atoms with Gasteiger partial charge in [-0.05, 0) is 35.9 Å². The molecular formula is C28H23N5O3S. The second-order valence-corrected chi connectivity index (χ2v) is 9.63. The lowest BCUT2D eigenvalue weighted by atomic mass is 10.1. The van der Waals surface area contributed by atoms with Crippen molar-refractivity contribution in [2.24, 2.45) is 9.98 Å². The number of aromatic amines is 1. The molecule has 1 atom stereocenters. The molecule has 184 valence electrons. The third-order valence-electron chi connectivity index (χ3n) is 6.32. The number of rotatable bonds is 6. The molecule has 2 amide bonds. The second-order valence-electron chi connectivity index (χ2n) is 8.69. The average molecular weight is 510 g/mol. The number of hydrogen-bond acceptors (Lipinski definition) is 6. The van der Waals surface area contributed by atoms with Crippen molar-refractivity contribution in [1.82, 2.24) is 9.88 Å². The predicted molar refractivity (Wildman–Crippen MR) is 147 cm³/mol. The number of thioether (sulfide) groups is 1. The summed E-state index contributed by atoms with van der Waals surface area (Å²) in [6.07, 6.45) is 2.41. The Morgan fingerprint density at radius 3 is 2.84 bits per heavy atom. The van der Waals surface area contributed by atoms with Crippen LogP contribution < -0.4 is 10.1 Å². The summed E-state index contributed by atoms with van der Waals surface area (Å²) in [6.45, 7) is 0. The zero-order chi connectivity index (χ0) is 25.4. The van der Waals surface area contributed by atoms with Gasteiger partial charge in [-0.25, -0.2) is 9.89 Å². The van der Waals surface area contributed by atoms with Gasteiger partial charge in [0.2, 0.25) is 5.91 Å². The monoisotopic (exact) mass is 509 g/mol. The summed E-state index contributed by atoms with van der Waals surface area (Å²) in [5.74, 6) is 0.969. The van der Waals surface area contributed by atoms with Crippen LogP contribution in [-0.2, 0) is 16.0 Å². The number of hydrogen-bond donors (Lipinski definition) is 2. The number of ether oxygens (including phenoxy) is 1. The van der Waals surface area contributed by atoms with Crippen LogP contribution in [-0.4, -0.2) is 51.6 Å². The highest BCUT2D eigenvalue weighted by atomic mass is 32.2. The van der Waals surface area contributed by atoms with E-state index in [1.54, 1.807) is 24.1 Å². The van der Waals surface area contributed by atoms with E-state index in [4.69, 9.17) is 14.7 Å². The van der Waals surface area contributed by atoms with E-state index < -0.39 is 6.04 Å². The maximum absolute atomic E-state index is 13.6. The number of fused-ring (bicyclic) bond motifs is 4. The van der Waals surface area contributed by atoms with Gasteiger partial charge in [0.1, 0.15) is 17.6 Å². The molecule has 1 aromatic heterocycles. The molecule has 3 heterocycles. The van der Waals surface area contributed by atoms with E-state index in [0.717, 1.165) is 27.7 Å². The molecule has 0 aliphatic carbocycles. The number of carbonyl (C=O) groups is 2. The van der Waals surface area contributed by atoms with Crippen molar-refractivity contribution >= 4 is 56.9 Å². The van der Waals surface area contributed by atoms with Gasteiger partial charge in [0, 0.05) is 40.8 Å². The molecule has 0 spiro atoms.